The van der Waals surface area contributed by atoms with E-state index in [-0.39, 0.29) is 18.6 Å². The average molecular weight is 219 g/mol. The Balaban J connectivity index is 2.08. The van der Waals surface area contributed by atoms with Gasteiger partial charge in [0.2, 0.25) is 5.91 Å². The van der Waals surface area contributed by atoms with Gasteiger partial charge in [0.1, 0.15) is 0 Å². The first-order chi connectivity index (χ1) is 7.81. The van der Waals surface area contributed by atoms with Crippen LogP contribution in [0.3, 0.4) is 0 Å². The molecule has 0 saturated carbocycles. The number of amides is 1. The molecular weight excluding hydrogens is 202 g/mol. The number of carbonyl (C=O) groups is 1. The van der Waals surface area contributed by atoms with Crippen LogP contribution in [0, 0.1) is 0 Å². The molecule has 0 aromatic heterocycles. The van der Waals surface area contributed by atoms with Crippen molar-refractivity contribution in [3.63, 3.8) is 0 Å². The zero-order valence-corrected chi connectivity index (χ0v) is 9.30. The fourth-order valence-corrected chi connectivity index (χ4v) is 2.18. The summed E-state index contributed by atoms with van der Waals surface area (Å²) in [6.07, 6.45) is 2.42. The largest absolute Gasteiger partial charge is 0.394 e. The maximum absolute atomic E-state index is 11.8. The summed E-state index contributed by atoms with van der Waals surface area (Å²) in [6, 6.07) is 9.93. The molecule has 0 aliphatic carbocycles. The molecular formula is C13H17NO2. The van der Waals surface area contributed by atoms with Gasteiger partial charge < -0.3 is 10.0 Å². The second kappa shape index (κ2) is 5.12. The van der Waals surface area contributed by atoms with Crippen molar-refractivity contribution in [2.45, 2.75) is 31.8 Å². The zero-order chi connectivity index (χ0) is 11.4. The fraction of sp³-hybridized carbons (Fsp3) is 0.462. The summed E-state index contributed by atoms with van der Waals surface area (Å²) in [4.78, 5) is 13.6. The van der Waals surface area contributed by atoms with Gasteiger partial charge in [-0.05, 0) is 18.4 Å². The van der Waals surface area contributed by atoms with Crippen molar-refractivity contribution in [2.24, 2.45) is 0 Å². The van der Waals surface area contributed by atoms with Gasteiger partial charge in [-0.2, -0.15) is 0 Å². The zero-order valence-electron chi connectivity index (χ0n) is 9.30. The van der Waals surface area contributed by atoms with Crippen molar-refractivity contribution in [2.75, 3.05) is 6.61 Å². The van der Waals surface area contributed by atoms with Crippen LogP contribution < -0.4 is 0 Å². The molecule has 2 rings (SSSR count). The quantitative estimate of drug-likeness (QED) is 0.838. The van der Waals surface area contributed by atoms with Gasteiger partial charge in [0, 0.05) is 13.0 Å². The van der Waals surface area contributed by atoms with Crippen molar-refractivity contribution in [1.29, 1.82) is 0 Å². The highest BCUT2D eigenvalue weighted by molar-refractivity contribution is 5.77. The minimum Gasteiger partial charge on any atom is -0.394 e. The van der Waals surface area contributed by atoms with Gasteiger partial charge in [0.15, 0.2) is 0 Å². The molecule has 1 fully saturated rings. The van der Waals surface area contributed by atoms with Crippen LogP contribution in [-0.4, -0.2) is 28.6 Å². The number of rotatable bonds is 3. The molecule has 1 amide bonds. The Labute approximate surface area is 95.7 Å². The minimum atomic E-state index is 0.00135. The second-order valence-corrected chi connectivity index (χ2v) is 4.24. The third-order valence-electron chi connectivity index (χ3n) is 3.10. The number of likely N-dealkylation sites (tertiary alicyclic amines) is 1. The molecule has 1 aliphatic rings. The average Bonchev–Trinajstić information content (AvgIpc) is 2.33. The number of nitrogens with zero attached hydrogens (tertiary/aromatic N) is 1. The lowest BCUT2D eigenvalue weighted by atomic mass is 10.0. The van der Waals surface area contributed by atoms with E-state index in [4.69, 9.17) is 0 Å². The highest BCUT2D eigenvalue weighted by atomic mass is 16.3. The van der Waals surface area contributed by atoms with Crippen molar-refractivity contribution in [3.8, 4) is 0 Å². The van der Waals surface area contributed by atoms with Gasteiger partial charge in [-0.15, -0.1) is 0 Å². The van der Waals surface area contributed by atoms with E-state index in [0.29, 0.717) is 13.0 Å². The highest BCUT2D eigenvalue weighted by Crippen LogP contribution is 2.20. The predicted molar refractivity (Wildman–Crippen MR) is 61.7 cm³/mol. The maximum atomic E-state index is 11.8. The van der Waals surface area contributed by atoms with E-state index in [2.05, 4.69) is 0 Å². The topological polar surface area (TPSA) is 40.5 Å². The molecule has 1 atom stereocenters. The number of benzene rings is 1. The maximum Gasteiger partial charge on any atom is 0.223 e. The Kier molecular flexibility index (Phi) is 3.57. The summed E-state index contributed by atoms with van der Waals surface area (Å²) in [5, 5.41) is 9.26. The van der Waals surface area contributed by atoms with Crippen molar-refractivity contribution in [3.05, 3.63) is 35.9 Å². The summed E-state index contributed by atoms with van der Waals surface area (Å²) in [5.41, 5.74) is 1.12. The second-order valence-electron chi connectivity index (χ2n) is 4.24. The van der Waals surface area contributed by atoms with Crippen LogP contribution in [0.5, 0.6) is 0 Å². The molecule has 3 heteroatoms. The lowest BCUT2D eigenvalue weighted by Gasteiger charge is -2.34. The Morgan fingerprint density at radius 3 is 2.75 bits per heavy atom. The van der Waals surface area contributed by atoms with Gasteiger partial charge in [0.25, 0.3) is 0 Å². The van der Waals surface area contributed by atoms with Crippen LogP contribution in [0.15, 0.2) is 30.3 Å². The van der Waals surface area contributed by atoms with Crippen LogP contribution >= 0.6 is 0 Å². The van der Waals surface area contributed by atoms with Gasteiger partial charge in [0.05, 0.1) is 12.6 Å². The van der Waals surface area contributed by atoms with E-state index in [1.165, 1.54) is 0 Å². The smallest absolute Gasteiger partial charge is 0.223 e. The third kappa shape index (κ3) is 2.42. The van der Waals surface area contributed by atoms with E-state index in [9.17, 15) is 9.90 Å². The van der Waals surface area contributed by atoms with Crippen LogP contribution in [0.1, 0.15) is 24.8 Å². The van der Waals surface area contributed by atoms with Gasteiger partial charge in [-0.25, -0.2) is 0 Å². The van der Waals surface area contributed by atoms with Gasteiger partial charge in [-0.3, -0.25) is 4.79 Å². The summed E-state index contributed by atoms with van der Waals surface area (Å²) in [6.45, 7) is 0.684. The normalized spacial score (nSPS) is 21.2. The third-order valence-corrected chi connectivity index (χ3v) is 3.10. The number of carbonyl (C=O) groups excluding carboxylic acids is 1. The minimum absolute atomic E-state index is 0.00135. The van der Waals surface area contributed by atoms with Crippen LogP contribution in [-0.2, 0) is 11.3 Å². The monoisotopic (exact) mass is 219 g/mol. The molecule has 1 aromatic carbocycles. The molecule has 1 aromatic rings. The van der Waals surface area contributed by atoms with Crippen LogP contribution in [0.2, 0.25) is 0 Å². The molecule has 0 spiro atoms. The number of hydrogen-bond donors (Lipinski definition) is 1. The SMILES string of the molecule is O=C1CCC[C@H](CO)N1Cc1ccccc1. The number of piperidine rings is 1. The first-order valence-corrected chi connectivity index (χ1v) is 5.75. The van der Waals surface area contributed by atoms with E-state index in [0.717, 1.165) is 18.4 Å². The fourth-order valence-electron chi connectivity index (χ4n) is 2.18. The molecule has 3 nitrogen and oxygen atoms in total. The summed E-state index contributed by atoms with van der Waals surface area (Å²) in [7, 11) is 0. The van der Waals surface area contributed by atoms with Crippen LogP contribution in [0.4, 0.5) is 0 Å². The van der Waals surface area contributed by atoms with Crippen molar-refractivity contribution < 1.29 is 9.90 Å². The summed E-state index contributed by atoms with van der Waals surface area (Å²) < 4.78 is 0. The van der Waals surface area contributed by atoms with Gasteiger partial charge >= 0.3 is 0 Å². The first kappa shape index (κ1) is 11.1. The molecule has 86 valence electrons. The van der Waals surface area contributed by atoms with E-state index >= 15 is 0 Å². The molecule has 16 heavy (non-hydrogen) atoms. The molecule has 1 N–H and O–H groups in total. The summed E-state index contributed by atoms with van der Waals surface area (Å²) >= 11 is 0. The standard InChI is InChI=1S/C13H17NO2/c15-10-12-7-4-8-13(16)14(12)9-11-5-2-1-3-6-11/h1-3,5-6,12,15H,4,7-10H2/t12-/m1/s1. The molecule has 0 unspecified atom stereocenters. The molecule has 1 saturated heterocycles. The van der Waals surface area contributed by atoms with Gasteiger partial charge in [-0.1, -0.05) is 30.3 Å². The Bertz CT molecular complexity index is 350. The van der Waals surface area contributed by atoms with E-state index in [1.54, 1.807) is 4.90 Å². The summed E-state index contributed by atoms with van der Waals surface area (Å²) in [5.74, 6) is 0.161. The molecule has 0 radical (unpaired) electrons. The van der Waals surface area contributed by atoms with Crippen molar-refractivity contribution in [1.82, 2.24) is 4.90 Å². The lowest BCUT2D eigenvalue weighted by molar-refractivity contribution is -0.138. The first-order valence-electron chi connectivity index (χ1n) is 5.75. The Morgan fingerprint density at radius 2 is 2.06 bits per heavy atom. The Hall–Kier alpha value is -1.35. The van der Waals surface area contributed by atoms with E-state index in [1.807, 2.05) is 30.3 Å². The highest BCUT2D eigenvalue weighted by Gasteiger charge is 2.27. The Morgan fingerprint density at radius 1 is 1.31 bits per heavy atom. The number of aliphatic hydroxyl groups is 1. The number of aliphatic hydroxyl groups excluding tert-OH is 1. The van der Waals surface area contributed by atoms with E-state index < -0.39 is 0 Å². The lowest BCUT2D eigenvalue weighted by Crippen LogP contribution is -2.44. The van der Waals surface area contributed by atoms with Crippen LogP contribution in [0.25, 0.3) is 0 Å². The molecule has 1 aliphatic heterocycles. The predicted octanol–water partition coefficient (Wildman–Crippen LogP) is 1.56. The number of hydrogen-bond acceptors (Lipinski definition) is 2. The van der Waals surface area contributed by atoms with Crippen molar-refractivity contribution >= 4 is 5.91 Å². The molecule has 0 bridgehead atoms. The molecule has 1 heterocycles.